The summed E-state index contributed by atoms with van der Waals surface area (Å²) < 4.78 is 41.1. The quantitative estimate of drug-likeness (QED) is 0.0484. The summed E-state index contributed by atoms with van der Waals surface area (Å²) in [5, 5.41) is 0. The molecule has 2 aromatic rings. The second-order valence-corrected chi connectivity index (χ2v) is 20.7. The van der Waals surface area contributed by atoms with E-state index in [0.29, 0.717) is 34.5 Å². The lowest BCUT2D eigenvalue weighted by Gasteiger charge is -2.29. The van der Waals surface area contributed by atoms with E-state index >= 15 is 0 Å². The van der Waals surface area contributed by atoms with Crippen molar-refractivity contribution in [1.29, 1.82) is 0 Å². The molecular weight excluding hydrogens is 905 g/mol. The summed E-state index contributed by atoms with van der Waals surface area (Å²) in [6.07, 6.45) is 45.8. The van der Waals surface area contributed by atoms with Gasteiger partial charge in [0.05, 0.1) is 71.5 Å². The molecule has 1 aliphatic rings. The van der Waals surface area contributed by atoms with E-state index in [1.807, 2.05) is 18.2 Å². The van der Waals surface area contributed by atoms with Gasteiger partial charge in [0, 0.05) is 49.3 Å². The van der Waals surface area contributed by atoms with E-state index < -0.39 is 0 Å². The molecule has 2 aromatic carbocycles. The normalized spacial score (nSPS) is 12.4. The Kier molecular flexibility index (Phi) is 34.9. The number of anilines is 1. The summed E-state index contributed by atoms with van der Waals surface area (Å²) in [7, 11) is 10.5. The van der Waals surface area contributed by atoms with Crippen LogP contribution in [0.25, 0.3) is 5.57 Å². The third-order valence-electron chi connectivity index (χ3n) is 15.0. The van der Waals surface area contributed by atoms with Gasteiger partial charge in [-0.2, -0.15) is 0 Å². The van der Waals surface area contributed by atoms with E-state index in [1.165, 1.54) is 180 Å². The van der Waals surface area contributed by atoms with Crippen LogP contribution in [0.5, 0.6) is 23.0 Å². The van der Waals surface area contributed by atoms with Crippen molar-refractivity contribution in [3.63, 3.8) is 0 Å². The van der Waals surface area contributed by atoms with Crippen molar-refractivity contribution in [2.75, 3.05) is 73.7 Å². The Labute approximate surface area is 448 Å². The molecule has 0 fully saturated rings. The molecule has 0 heterocycles. The molecule has 0 saturated heterocycles. The summed E-state index contributed by atoms with van der Waals surface area (Å²) in [6, 6.07) is 10.4. The minimum atomic E-state index is 0.660. The van der Waals surface area contributed by atoms with E-state index in [0.717, 1.165) is 85.5 Å². The Hall–Kier alpha value is -4.07. The molecule has 0 aliphatic heterocycles. The van der Waals surface area contributed by atoms with Gasteiger partial charge in [0.2, 0.25) is 5.71 Å². The highest BCUT2D eigenvalue weighted by atomic mass is 16.5. The van der Waals surface area contributed by atoms with Gasteiger partial charge in [-0.1, -0.05) is 201 Å². The average molecular weight is 1010 g/mol. The molecule has 8 heteroatoms. The fraction of sp³-hybridized carbons (Fsp3) is 0.708. The molecule has 0 unspecified atom stereocenters. The summed E-state index contributed by atoms with van der Waals surface area (Å²) in [5.74, 6) is 4.13. The fourth-order valence-electron chi connectivity index (χ4n) is 10.6. The number of unbranched alkanes of at least 4 members (excludes halogenated alkanes) is 28. The maximum Gasteiger partial charge on any atom is 0.207 e. The van der Waals surface area contributed by atoms with Gasteiger partial charge >= 0.3 is 0 Å². The summed E-state index contributed by atoms with van der Waals surface area (Å²) in [4.78, 5) is 2.58. The minimum absolute atomic E-state index is 0.660. The number of nitrogens with zero attached hydrogens (tertiary/aromatic N) is 2. The van der Waals surface area contributed by atoms with Crippen LogP contribution in [0, 0.1) is 0 Å². The highest BCUT2D eigenvalue weighted by Crippen LogP contribution is 2.50. The Morgan fingerprint density at radius 1 is 0.384 bits per heavy atom. The summed E-state index contributed by atoms with van der Waals surface area (Å²) in [5.41, 5.74) is 5.36. The van der Waals surface area contributed by atoms with Gasteiger partial charge < -0.3 is 33.3 Å². The molecule has 3 rings (SSSR count). The zero-order valence-electron chi connectivity index (χ0n) is 48.8. The maximum atomic E-state index is 6.52. The van der Waals surface area contributed by atoms with Crippen molar-refractivity contribution < 1.29 is 33.0 Å². The molecule has 1 aliphatic carbocycles. The third-order valence-corrected chi connectivity index (χ3v) is 15.0. The van der Waals surface area contributed by atoms with E-state index in [2.05, 4.69) is 61.5 Å². The molecule has 0 radical (unpaired) electrons. The van der Waals surface area contributed by atoms with Gasteiger partial charge in [0.25, 0.3) is 0 Å². The minimum Gasteiger partial charge on any atom is -0.496 e. The zero-order chi connectivity index (χ0) is 52.7. The van der Waals surface area contributed by atoms with Gasteiger partial charge in [-0.25, -0.2) is 4.58 Å². The van der Waals surface area contributed by atoms with Gasteiger partial charge in [0.15, 0.2) is 0 Å². The lowest BCUT2D eigenvalue weighted by molar-refractivity contribution is -0.527. The van der Waals surface area contributed by atoms with E-state index in [4.69, 9.17) is 28.4 Å². The predicted octanol–water partition coefficient (Wildman–Crippen LogP) is 18.4. The number of rotatable bonds is 45. The molecule has 0 atom stereocenters. The standard InChI is InChI=1S/C65H109N2O6/c1-11-15-19-23-27-31-35-39-46-66(47-40-36-32-28-24-20-16-12-2)54-50-58(70-7)63(59(51-54)71-8)65(62-56(68-5)44-43-45-57(62)69-6)64-60(72-9)52-55(53-61(64)73-10)67(48-41-37-33-29-25-21-17-13-3)49-42-38-34-30-26-22-18-14-4/h43-45,50-53H,11-42,46-49H2,1-10H3/q+1. The van der Waals surface area contributed by atoms with E-state index in [9.17, 15) is 0 Å². The number of ether oxygens (including phenoxy) is 6. The third kappa shape index (κ3) is 22.7. The number of methoxy groups -OCH3 is 6. The first-order valence-corrected chi connectivity index (χ1v) is 30.0. The molecule has 0 saturated carbocycles. The van der Waals surface area contributed by atoms with Crippen molar-refractivity contribution in [1.82, 2.24) is 0 Å². The zero-order valence-corrected chi connectivity index (χ0v) is 48.8. The second-order valence-electron chi connectivity index (χ2n) is 20.7. The number of hydrogen-bond donors (Lipinski definition) is 0. The second kappa shape index (κ2) is 40.3. The monoisotopic (exact) mass is 1010 g/mol. The molecule has 414 valence electrons. The molecule has 0 aromatic heterocycles. The molecular formula is C65H109N2O6+. The number of hydrogen-bond acceptors (Lipinski definition) is 7. The van der Waals surface area contributed by atoms with Crippen molar-refractivity contribution in [3.8, 4) is 23.0 Å². The van der Waals surface area contributed by atoms with Crippen molar-refractivity contribution >= 4 is 17.0 Å². The Balaban J connectivity index is 2.22. The van der Waals surface area contributed by atoms with Crippen LogP contribution in [0.15, 0.2) is 59.6 Å². The Morgan fingerprint density at radius 3 is 1.03 bits per heavy atom. The van der Waals surface area contributed by atoms with Crippen molar-refractivity contribution in [2.24, 2.45) is 0 Å². The first-order valence-electron chi connectivity index (χ1n) is 30.0. The van der Waals surface area contributed by atoms with Crippen LogP contribution < -0.4 is 23.8 Å². The Morgan fingerprint density at radius 2 is 0.699 bits per heavy atom. The van der Waals surface area contributed by atoms with Gasteiger partial charge in [-0.15, -0.1) is 0 Å². The largest absolute Gasteiger partial charge is 0.496 e. The highest BCUT2D eigenvalue weighted by Gasteiger charge is 2.34. The fourth-order valence-corrected chi connectivity index (χ4v) is 10.6. The SMILES string of the molecule is CCCCCCCCCCN(CCCCCCCCCC)c1cc(OC)c(C(=C2C(OC)=CC(=[N+](CCCCCCCCCC)CCCCCCCCCC)C=C2OC)c2c(OC)cccc2OC)c(OC)c1. The first kappa shape index (κ1) is 63.2. The topological polar surface area (TPSA) is 61.6 Å². The van der Waals surface area contributed by atoms with E-state index in [-0.39, 0.29) is 0 Å². The van der Waals surface area contributed by atoms with Gasteiger partial charge in [-0.05, 0) is 37.8 Å². The van der Waals surface area contributed by atoms with Crippen LogP contribution in [-0.4, -0.2) is 79.1 Å². The lowest BCUT2D eigenvalue weighted by atomic mass is 9.86. The maximum absolute atomic E-state index is 6.52. The van der Waals surface area contributed by atoms with Crippen molar-refractivity contribution in [3.05, 3.63) is 70.7 Å². The van der Waals surface area contributed by atoms with E-state index in [1.54, 1.807) is 42.7 Å². The first-order chi connectivity index (χ1) is 35.9. The molecule has 0 amide bonds. The van der Waals surface area contributed by atoms with Crippen LogP contribution in [0.4, 0.5) is 5.69 Å². The average Bonchev–Trinajstić information content (AvgIpc) is 3.42. The number of allylic oxidation sites excluding steroid dienone is 2. The van der Waals surface area contributed by atoms with Crippen LogP contribution in [0.3, 0.4) is 0 Å². The van der Waals surface area contributed by atoms with Crippen LogP contribution in [0.1, 0.15) is 244 Å². The Bertz CT molecular complexity index is 1780. The summed E-state index contributed by atoms with van der Waals surface area (Å²) in [6.45, 7) is 13.1. The van der Waals surface area contributed by atoms with Gasteiger partial charge in [-0.3, -0.25) is 0 Å². The van der Waals surface area contributed by atoms with Gasteiger partial charge in [0.1, 0.15) is 47.6 Å². The molecule has 73 heavy (non-hydrogen) atoms. The van der Waals surface area contributed by atoms with Crippen molar-refractivity contribution in [2.45, 2.75) is 233 Å². The summed E-state index contributed by atoms with van der Waals surface area (Å²) >= 11 is 0. The lowest BCUT2D eigenvalue weighted by Crippen LogP contribution is -2.26. The van der Waals surface area contributed by atoms with Crippen LogP contribution in [-0.2, 0) is 9.47 Å². The smallest absolute Gasteiger partial charge is 0.207 e. The van der Waals surface area contributed by atoms with Crippen LogP contribution in [0.2, 0.25) is 0 Å². The molecule has 0 spiro atoms. The molecule has 8 nitrogen and oxygen atoms in total. The van der Waals surface area contributed by atoms with Crippen LogP contribution >= 0.6 is 0 Å². The number of benzene rings is 2. The molecule has 0 bridgehead atoms. The predicted molar refractivity (Wildman–Crippen MR) is 313 cm³/mol. The highest BCUT2D eigenvalue weighted by molar-refractivity contribution is 6.06. The molecule has 0 N–H and O–H groups in total.